The molecule has 1 saturated heterocycles. The molecule has 1 aliphatic rings. The number of amides is 2. The number of aromatic nitrogens is 3. The van der Waals surface area contributed by atoms with Gasteiger partial charge in [0.05, 0.1) is 10.6 Å². The van der Waals surface area contributed by atoms with Crippen LogP contribution in [-0.4, -0.2) is 45.0 Å². The van der Waals surface area contributed by atoms with E-state index in [1.165, 1.54) is 17.8 Å². The highest BCUT2D eigenvalue weighted by atomic mass is 35.5. The molecule has 2 heterocycles. The number of likely N-dealkylation sites (tertiary alicyclic amines) is 1. The van der Waals surface area contributed by atoms with Crippen molar-refractivity contribution >= 4 is 35.1 Å². The molecule has 1 fully saturated rings. The smallest absolute Gasteiger partial charge is 0.324 e. The molecule has 1 aliphatic heterocycles. The van der Waals surface area contributed by atoms with E-state index < -0.39 is 22.8 Å². The highest BCUT2D eigenvalue weighted by Gasteiger charge is 2.34. The second kappa shape index (κ2) is 8.20. The van der Waals surface area contributed by atoms with Crippen molar-refractivity contribution < 1.29 is 18.0 Å². The van der Waals surface area contributed by atoms with Crippen LogP contribution in [0.5, 0.6) is 0 Å². The van der Waals surface area contributed by atoms with Crippen LogP contribution < -0.4 is 5.32 Å². The van der Waals surface area contributed by atoms with Crippen LogP contribution >= 0.6 is 23.4 Å². The highest BCUT2D eigenvalue weighted by Crippen LogP contribution is 2.36. The van der Waals surface area contributed by atoms with Gasteiger partial charge in [-0.25, -0.2) is 4.79 Å². The minimum Gasteiger partial charge on any atom is -0.324 e. The van der Waals surface area contributed by atoms with Crippen molar-refractivity contribution in [3.8, 4) is 0 Å². The first-order valence-corrected chi connectivity index (χ1v) is 10.2. The minimum atomic E-state index is -4.59. The summed E-state index contributed by atoms with van der Waals surface area (Å²) >= 11 is 7.11. The summed E-state index contributed by atoms with van der Waals surface area (Å²) in [5.41, 5.74) is -0.931. The van der Waals surface area contributed by atoms with Crippen molar-refractivity contribution in [3.63, 3.8) is 0 Å². The highest BCUT2D eigenvalue weighted by molar-refractivity contribution is 7.98. The summed E-state index contributed by atoms with van der Waals surface area (Å²) < 4.78 is 40.9. The second-order valence-electron chi connectivity index (χ2n) is 6.51. The standard InChI is InChI=1S/C17H19ClF3N5OS/c1-25-14(23-24-16(25)28-2)10-4-3-7-26(9-10)15(27)22-11-5-6-13(18)12(8-11)17(19,20)21/h5-6,8,10H,3-4,7,9H2,1-2H3,(H,22,27)/t10-/m0/s1. The molecule has 11 heteroatoms. The van der Waals surface area contributed by atoms with Gasteiger partial charge in [-0.1, -0.05) is 23.4 Å². The molecule has 152 valence electrons. The summed E-state index contributed by atoms with van der Waals surface area (Å²) in [6.45, 7) is 0.946. The number of urea groups is 1. The molecule has 2 aromatic rings. The number of anilines is 1. The predicted octanol–water partition coefficient (Wildman–Crippen LogP) is 4.62. The van der Waals surface area contributed by atoms with Gasteiger partial charge in [-0.15, -0.1) is 10.2 Å². The molecular weight excluding hydrogens is 415 g/mol. The Morgan fingerprint density at radius 3 is 2.75 bits per heavy atom. The lowest BCUT2D eigenvalue weighted by Crippen LogP contribution is -2.42. The SMILES string of the molecule is CSc1nnc([C@H]2CCCN(C(=O)Nc3ccc(Cl)c(C(F)(F)F)c3)C2)n1C. The summed E-state index contributed by atoms with van der Waals surface area (Å²) in [4.78, 5) is 14.2. The van der Waals surface area contributed by atoms with Crippen molar-refractivity contribution in [2.24, 2.45) is 7.05 Å². The zero-order valence-corrected chi connectivity index (χ0v) is 16.8. The van der Waals surface area contributed by atoms with E-state index in [-0.39, 0.29) is 11.6 Å². The first-order valence-electron chi connectivity index (χ1n) is 8.56. The van der Waals surface area contributed by atoms with Gasteiger partial charge in [0.15, 0.2) is 5.16 Å². The number of piperidine rings is 1. The molecule has 1 N–H and O–H groups in total. The van der Waals surface area contributed by atoms with E-state index in [1.54, 1.807) is 4.90 Å². The predicted molar refractivity (Wildman–Crippen MR) is 102 cm³/mol. The number of carbonyl (C=O) groups is 1. The maximum atomic E-state index is 13.0. The number of hydrogen-bond acceptors (Lipinski definition) is 4. The van der Waals surface area contributed by atoms with Crippen molar-refractivity contribution in [2.45, 2.75) is 30.1 Å². The molecule has 0 spiro atoms. The molecule has 28 heavy (non-hydrogen) atoms. The quantitative estimate of drug-likeness (QED) is 0.717. The Morgan fingerprint density at radius 1 is 1.36 bits per heavy atom. The summed E-state index contributed by atoms with van der Waals surface area (Å²) in [5, 5.41) is 11.3. The van der Waals surface area contributed by atoms with E-state index in [4.69, 9.17) is 11.6 Å². The van der Waals surface area contributed by atoms with Gasteiger partial charge in [0.2, 0.25) is 0 Å². The number of rotatable bonds is 3. The molecule has 0 unspecified atom stereocenters. The topological polar surface area (TPSA) is 63.1 Å². The van der Waals surface area contributed by atoms with E-state index >= 15 is 0 Å². The van der Waals surface area contributed by atoms with Gasteiger partial charge in [0.25, 0.3) is 0 Å². The third-order valence-corrected chi connectivity index (χ3v) is 5.70. The van der Waals surface area contributed by atoms with Crippen LogP contribution in [0.2, 0.25) is 5.02 Å². The lowest BCUT2D eigenvalue weighted by Gasteiger charge is -2.32. The largest absolute Gasteiger partial charge is 0.417 e. The van der Waals surface area contributed by atoms with Crippen LogP contribution in [0.3, 0.4) is 0 Å². The summed E-state index contributed by atoms with van der Waals surface area (Å²) in [5.74, 6) is 0.821. The Hall–Kier alpha value is -1.94. The molecule has 2 amide bonds. The minimum absolute atomic E-state index is 0.0221. The number of halogens is 4. The monoisotopic (exact) mass is 433 g/mol. The Balaban J connectivity index is 1.72. The van der Waals surface area contributed by atoms with E-state index in [0.717, 1.165) is 36.0 Å². The van der Waals surface area contributed by atoms with Crippen molar-refractivity contribution in [2.75, 3.05) is 24.7 Å². The number of thioether (sulfide) groups is 1. The van der Waals surface area contributed by atoms with E-state index in [2.05, 4.69) is 15.5 Å². The van der Waals surface area contributed by atoms with Crippen LogP contribution in [0.15, 0.2) is 23.4 Å². The Bertz CT molecular complexity index is 873. The van der Waals surface area contributed by atoms with Crippen LogP contribution in [0.25, 0.3) is 0 Å². The number of carbonyl (C=O) groups excluding carboxylic acids is 1. The molecule has 1 aromatic heterocycles. The molecular formula is C17H19ClF3N5OS. The Morgan fingerprint density at radius 2 is 2.11 bits per heavy atom. The van der Waals surface area contributed by atoms with Gasteiger partial charge in [-0.3, -0.25) is 0 Å². The van der Waals surface area contributed by atoms with Gasteiger partial charge in [0, 0.05) is 31.7 Å². The van der Waals surface area contributed by atoms with E-state index in [1.807, 2.05) is 17.9 Å². The molecule has 0 bridgehead atoms. The van der Waals surface area contributed by atoms with Gasteiger partial charge < -0.3 is 14.8 Å². The molecule has 1 atom stereocenters. The molecule has 3 rings (SSSR count). The zero-order chi connectivity index (χ0) is 20.5. The van der Waals surface area contributed by atoms with Crippen LogP contribution in [-0.2, 0) is 13.2 Å². The Labute approximate surface area is 169 Å². The lowest BCUT2D eigenvalue weighted by molar-refractivity contribution is -0.137. The molecule has 6 nitrogen and oxygen atoms in total. The van der Waals surface area contributed by atoms with Gasteiger partial charge in [-0.05, 0) is 37.3 Å². The van der Waals surface area contributed by atoms with Crippen LogP contribution in [0.4, 0.5) is 23.7 Å². The summed E-state index contributed by atoms with van der Waals surface area (Å²) in [6, 6.07) is 2.87. The fraction of sp³-hybridized carbons (Fsp3) is 0.471. The van der Waals surface area contributed by atoms with Crippen LogP contribution in [0, 0.1) is 0 Å². The lowest BCUT2D eigenvalue weighted by atomic mass is 9.97. The van der Waals surface area contributed by atoms with Crippen molar-refractivity contribution in [3.05, 3.63) is 34.6 Å². The van der Waals surface area contributed by atoms with Gasteiger partial charge in [-0.2, -0.15) is 13.2 Å². The summed E-state index contributed by atoms with van der Waals surface area (Å²) in [6.07, 6.45) is -1.04. The van der Waals surface area contributed by atoms with Crippen molar-refractivity contribution in [1.82, 2.24) is 19.7 Å². The molecule has 0 radical (unpaired) electrons. The average Bonchev–Trinajstić information content (AvgIpc) is 3.03. The van der Waals surface area contributed by atoms with Crippen LogP contribution in [0.1, 0.15) is 30.1 Å². The van der Waals surface area contributed by atoms with Gasteiger partial charge in [0.1, 0.15) is 5.82 Å². The fourth-order valence-corrected chi connectivity index (χ4v) is 3.97. The van der Waals surface area contributed by atoms with E-state index in [9.17, 15) is 18.0 Å². The summed E-state index contributed by atoms with van der Waals surface area (Å²) in [7, 11) is 1.88. The maximum Gasteiger partial charge on any atom is 0.417 e. The third-order valence-electron chi connectivity index (χ3n) is 4.65. The fourth-order valence-electron chi connectivity index (χ4n) is 3.25. The van der Waals surface area contributed by atoms with E-state index in [0.29, 0.717) is 13.1 Å². The number of nitrogens with zero attached hydrogens (tertiary/aromatic N) is 4. The number of hydrogen-bond donors (Lipinski definition) is 1. The van der Waals surface area contributed by atoms with Gasteiger partial charge >= 0.3 is 12.2 Å². The zero-order valence-electron chi connectivity index (χ0n) is 15.3. The molecule has 0 aliphatic carbocycles. The average molecular weight is 434 g/mol. The first kappa shape index (κ1) is 20.8. The molecule has 0 saturated carbocycles. The Kier molecular flexibility index (Phi) is 6.09. The number of nitrogens with one attached hydrogen (secondary N) is 1. The second-order valence-corrected chi connectivity index (χ2v) is 7.69. The number of alkyl halides is 3. The third kappa shape index (κ3) is 4.38. The maximum absolute atomic E-state index is 13.0. The molecule has 1 aromatic carbocycles. The first-order chi connectivity index (χ1) is 13.2. The number of benzene rings is 1. The van der Waals surface area contributed by atoms with Crippen molar-refractivity contribution in [1.29, 1.82) is 0 Å². The normalized spacial score (nSPS) is 17.6.